The standard InChI is InChI=1S/C19H14O4S/c20-13-7-6-12-8-15-16(21)18(19(22)23-17(15)14(12)9-13)24-10-11-4-2-1-3-5-11/h1-7,9,20-21H,8,10H2. The van der Waals surface area contributed by atoms with Gasteiger partial charge >= 0.3 is 5.63 Å². The molecule has 0 saturated carbocycles. The number of aromatic hydroxyl groups is 2. The predicted molar refractivity (Wildman–Crippen MR) is 92.6 cm³/mol. The van der Waals surface area contributed by atoms with Gasteiger partial charge in [-0.15, -0.1) is 11.8 Å². The van der Waals surface area contributed by atoms with Crippen LogP contribution in [0.25, 0.3) is 11.3 Å². The van der Waals surface area contributed by atoms with Gasteiger partial charge in [0.25, 0.3) is 0 Å². The first-order valence-corrected chi connectivity index (χ1v) is 8.50. The maximum absolute atomic E-state index is 12.3. The number of phenols is 1. The quantitative estimate of drug-likeness (QED) is 0.554. The van der Waals surface area contributed by atoms with Gasteiger partial charge in [0.2, 0.25) is 0 Å². The van der Waals surface area contributed by atoms with Gasteiger partial charge < -0.3 is 14.6 Å². The summed E-state index contributed by atoms with van der Waals surface area (Å²) in [5.74, 6) is 1.02. The number of hydrogen-bond donors (Lipinski definition) is 2. The minimum atomic E-state index is -0.552. The van der Waals surface area contributed by atoms with E-state index in [-0.39, 0.29) is 16.4 Å². The van der Waals surface area contributed by atoms with Crippen molar-refractivity contribution in [2.75, 3.05) is 0 Å². The lowest BCUT2D eigenvalue weighted by Crippen LogP contribution is -2.04. The summed E-state index contributed by atoms with van der Waals surface area (Å²) < 4.78 is 5.45. The molecule has 120 valence electrons. The summed E-state index contributed by atoms with van der Waals surface area (Å²) in [4.78, 5) is 12.5. The third-order valence-corrected chi connectivity index (χ3v) is 5.21. The molecule has 2 aromatic carbocycles. The lowest BCUT2D eigenvalue weighted by Gasteiger charge is -2.07. The van der Waals surface area contributed by atoms with Gasteiger partial charge in [0.15, 0.2) is 0 Å². The lowest BCUT2D eigenvalue weighted by atomic mass is 10.1. The average molecular weight is 338 g/mol. The molecule has 0 amide bonds. The van der Waals surface area contributed by atoms with Gasteiger partial charge in [-0.1, -0.05) is 36.4 Å². The van der Waals surface area contributed by atoms with Crippen molar-refractivity contribution in [1.82, 2.24) is 0 Å². The fraction of sp³-hybridized carbons (Fsp3) is 0.105. The van der Waals surface area contributed by atoms with Crippen LogP contribution in [0.2, 0.25) is 0 Å². The maximum Gasteiger partial charge on any atom is 0.353 e. The fourth-order valence-electron chi connectivity index (χ4n) is 2.90. The van der Waals surface area contributed by atoms with Crippen LogP contribution < -0.4 is 5.63 Å². The normalized spacial score (nSPS) is 12.0. The number of thioether (sulfide) groups is 1. The Morgan fingerprint density at radius 2 is 1.88 bits per heavy atom. The Bertz CT molecular complexity index is 977. The molecule has 4 nitrogen and oxygen atoms in total. The van der Waals surface area contributed by atoms with Crippen LogP contribution in [0.4, 0.5) is 0 Å². The van der Waals surface area contributed by atoms with Gasteiger partial charge in [-0.2, -0.15) is 0 Å². The van der Waals surface area contributed by atoms with Gasteiger partial charge in [0, 0.05) is 23.3 Å². The van der Waals surface area contributed by atoms with Crippen LogP contribution in [0.1, 0.15) is 16.7 Å². The molecule has 0 spiro atoms. The van der Waals surface area contributed by atoms with Gasteiger partial charge in [-0.3, -0.25) is 0 Å². The van der Waals surface area contributed by atoms with Crippen LogP contribution in [0, 0.1) is 0 Å². The predicted octanol–water partition coefficient (Wildman–Crippen LogP) is 3.91. The molecule has 2 N–H and O–H groups in total. The minimum Gasteiger partial charge on any atom is -0.508 e. The number of rotatable bonds is 3. The molecule has 1 aliphatic carbocycles. The van der Waals surface area contributed by atoms with E-state index in [1.165, 1.54) is 11.8 Å². The third kappa shape index (κ3) is 2.47. The first-order chi connectivity index (χ1) is 11.6. The molecule has 24 heavy (non-hydrogen) atoms. The van der Waals surface area contributed by atoms with E-state index in [0.717, 1.165) is 11.1 Å². The van der Waals surface area contributed by atoms with Crippen molar-refractivity contribution >= 4 is 11.8 Å². The van der Waals surface area contributed by atoms with E-state index in [9.17, 15) is 15.0 Å². The Balaban J connectivity index is 1.72. The van der Waals surface area contributed by atoms with E-state index in [1.54, 1.807) is 18.2 Å². The zero-order valence-electron chi connectivity index (χ0n) is 12.7. The second-order valence-electron chi connectivity index (χ2n) is 5.67. The molecule has 0 atom stereocenters. The smallest absolute Gasteiger partial charge is 0.353 e. The minimum absolute atomic E-state index is 0.0159. The Morgan fingerprint density at radius 3 is 2.67 bits per heavy atom. The van der Waals surface area contributed by atoms with E-state index in [4.69, 9.17) is 4.42 Å². The van der Waals surface area contributed by atoms with Crippen LogP contribution in [-0.2, 0) is 12.2 Å². The molecule has 0 bridgehead atoms. The average Bonchev–Trinajstić information content (AvgIpc) is 2.94. The molecule has 0 unspecified atom stereocenters. The molecule has 0 radical (unpaired) electrons. The molecule has 1 aliphatic rings. The topological polar surface area (TPSA) is 70.7 Å². The van der Waals surface area contributed by atoms with Crippen LogP contribution >= 0.6 is 11.8 Å². The number of fused-ring (bicyclic) bond motifs is 3. The number of hydrogen-bond acceptors (Lipinski definition) is 5. The van der Waals surface area contributed by atoms with Crippen LogP contribution in [0.15, 0.2) is 62.6 Å². The summed E-state index contributed by atoms with van der Waals surface area (Å²) >= 11 is 1.27. The molecular weight excluding hydrogens is 324 g/mol. The SMILES string of the molecule is O=c1oc2c(c(O)c1SCc1ccccc1)Cc1ccc(O)cc1-2. The fourth-order valence-corrected chi connectivity index (χ4v) is 3.82. The summed E-state index contributed by atoms with van der Waals surface area (Å²) in [5, 5.41) is 20.2. The highest BCUT2D eigenvalue weighted by atomic mass is 32.2. The Hall–Kier alpha value is -2.66. The Morgan fingerprint density at radius 1 is 1.08 bits per heavy atom. The molecular formula is C19H14O4S. The third-order valence-electron chi connectivity index (χ3n) is 4.09. The first kappa shape index (κ1) is 14.9. The second kappa shape index (κ2) is 5.76. The number of phenolic OH excluding ortho intramolecular Hbond substituents is 1. The summed E-state index contributed by atoms with van der Waals surface area (Å²) in [7, 11) is 0. The molecule has 1 aromatic heterocycles. The highest BCUT2D eigenvalue weighted by Gasteiger charge is 2.28. The maximum atomic E-state index is 12.3. The molecule has 0 aliphatic heterocycles. The van der Waals surface area contributed by atoms with E-state index < -0.39 is 5.63 Å². The first-order valence-electron chi connectivity index (χ1n) is 7.51. The van der Waals surface area contributed by atoms with Crippen molar-refractivity contribution in [3.63, 3.8) is 0 Å². The van der Waals surface area contributed by atoms with Gasteiger partial charge in [-0.05, 0) is 23.3 Å². The summed E-state index contributed by atoms with van der Waals surface area (Å²) in [6.45, 7) is 0. The van der Waals surface area contributed by atoms with Gasteiger partial charge in [0.05, 0.1) is 0 Å². The monoisotopic (exact) mass is 338 g/mol. The largest absolute Gasteiger partial charge is 0.508 e. The van der Waals surface area contributed by atoms with Crippen molar-refractivity contribution in [3.05, 3.63) is 75.6 Å². The van der Waals surface area contributed by atoms with Crippen LogP contribution in [-0.4, -0.2) is 10.2 Å². The molecule has 5 heteroatoms. The van der Waals surface area contributed by atoms with Crippen molar-refractivity contribution in [2.45, 2.75) is 17.1 Å². The molecule has 3 aromatic rings. The molecule has 0 fully saturated rings. The van der Waals surface area contributed by atoms with Gasteiger partial charge in [-0.25, -0.2) is 4.79 Å². The van der Waals surface area contributed by atoms with E-state index in [2.05, 4.69) is 0 Å². The van der Waals surface area contributed by atoms with E-state index in [1.807, 2.05) is 30.3 Å². The summed E-state index contributed by atoms with van der Waals surface area (Å²) in [5.41, 5.74) is 2.70. The zero-order valence-corrected chi connectivity index (χ0v) is 13.5. The second-order valence-corrected chi connectivity index (χ2v) is 6.65. The van der Waals surface area contributed by atoms with Crippen molar-refractivity contribution in [2.24, 2.45) is 0 Å². The van der Waals surface area contributed by atoms with Crippen LogP contribution in [0.3, 0.4) is 0 Å². The van der Waals surface area contributed by atoms with Crippen molar-refractivity contribution in [3.8, 4) is 22.8 Å². The van der Waals surface area contributed by atoms with E-state index >= 15 is 0 Å². The highest BCUT2D eigenvalue weighted by Crippen LogP contribution is 2.44. The van der Waals surface area contributed by atoms with Crippen molar-refractivity contribution in [1.29, 1.82) is 0 Å². The molecule has 1 heterocycles. The van der Waals surface area contributed by atoms with E-state index in [0.29, 0.717) is 29.1 Å². The highest BCUT2D eigenvalue weighted by molar-refractivity contribution is 7.98. The Kier molecular flexibility index (Phi) is 3.58. The Labute approximate surface area is 142 Å². The molecule has 4 rings (SSSR count). The summed E-state index contributed by atoms with van der Waals surface area (Å²) in [6.07, 6.45) is 0.486. The zero-order chi connectivity index (χ0) is 16.7. The van der Waals surface area contributed by atoms with Crippen LogP contribution in [0.5, 0.6) is 11.5 Å². The number of benzene rings is 2. The van der Waals surface area contributed by atoms with Crippen molar-refractivity contribution < 1.29 is 14.6 Å². The van der Waals surface area contributed by atoms with Gasteiger partial charge in [0.1, 0.15) is 22.2 Å². The summed E-state index contributed by atoms with van der Waals surface area (Å²) in [6, 6.07) is 14.7. The lowest BCUT2D eigenvalue weighted by molar-refractivity contribution is 0.424. The molecule has 0 saturated heterocycles.